The molecule has 0 aliphatic carbocycles. The minimum absolute atomic E-state index is 0.0681. The largest absolute Gasteiger partial charge is 0.493 e. The Hall–Kier alpha value is -3.32. The van der Waals surface area contributed by atoms with Crippen LogP contribution in [-0.2, 0) is 17.9 Å². The van der Waals surface area contributed by atoms with Crippen molar-refractivity contribution in [2.45, 2.75) is 25.6 Å². The fourth-order valence-electron chi connectivity index (χ4n) is 3.84. The van der Waals surface area contributed by atoms with E-state index in [0.717, 1.165) is 16.0 Å². The zero-order valence-electron chi connectivity index (χ0n) is 17.5. The van der Waals surface area contributed by atoms with Crippen molar-refractivity contribution in [3.63, 3.8) is 0 Å². The molecular formula is C24H24N2O4S. The number of nitrogens with zero attached hydrogens (tertiary/aromatic N) is 1. The average molecular weight is 437 g/mol. The van der Waals surface area contributed by atoms with E-state index in [1.807, 2.05) is 53.9 Å². The topological polar surface area (TPSA) is 67.9 Å². The van der Waals surface area contributed by atoms with Gasteiger partial charge >= 0.3 is 0 Å². The molecule has 1 aliphatic rings. The monoisotopic (exact) mass is 436 g/mol. The molecule has 0 saturated carbocycles. The van der Waals surface area contributed by atoms with Gasteiger partial charge in [-0.05, 0) is 40.8 Å². The van der Waals surface area contributed by atoms with Gasteiger partial charge in [-0.1, -0.05) is 30.3 Å². The van der Waals surface area contributed by atoms with Crippen molar-refractivity contribution >= 4 is 23.2 Å². The summed E-state index contributed by atoms with van der Waals surface area (Å²) < 4.78 is 10.8. The molecule has 0 fully saturated rings. The average Bonchev–Trinajstić information content (AvgIpc) is 3.44. The Labute approximate surface area is 185 Å². The van der Waals surface area contributed by atoms with Gasteiger partial charge in [-0.25, -0.2) is 0 Å². The molecule has 1 atom stereocenters. The Bertz CT molecular complexity index is 1080. The third-order valence-electron chi connectivity index (χ3n) is 5.44. The number of hydrogen-bond acceptors (Lipinski definition) is 5. The smallest absolute Gasteiger partial charge is 0.255 e. The van der Waals surface area contributed by atoms with Crippen molar-refractivity contribution in [2.75, 3.05) is 14.2 Å². The summed E-state index contributed by atoms with van der Waals surface area (Å²) in [6.45, 7) is 0.940. The van der Waals surface area contributed by atoms with Crippen LogP contribution in [0.25, 0.3) is 0 Å². The zero-order valence-corrected chi connectivity index (χ0v) is 18.3. The van der Waals surface area contributed by atoms with Gasteiger partial charge < -0.3 is 19.7 Å². The predicted molar refractivity (Wildman–Crippen MR) is 119 cm³/mol. The first kappa shape index (κ1) is 20.9. The molecule has 0 bridgehead atoms. The lowest BCUT2D eigenvalue weighted by molar-refractivity contribution is -0.122. The number of amides is 2. The van der Waals surface area contributed by atoms with Gasteiger partial charge in [0, 0.05) is 17.0 Å². The normalized spacial score (nSPS) is 13.6. The third kappa shape index (κ3) is 4.41. The molecule has 1 aromatic heterocycles. The maximum atomic E-state index is 13.2. The van der Waals surface area contributed by atoms with E-state index in [1.165, 1.54) is 0 Å². The highest BCUT2D eigenvalue weighted by Gasteiger charge is 2.34. The van der Waals surface area contributed by atoms with Crippen LogP contribution in [0.5, 0.6) is 11.5 Å². The van der Waals surface area contributed by atoms with Crippen molar-refractivity contribution in [3.8, 4) is 11.5 Å². The Kier molecular flexibility index (Phi) is 6.23. The zero-order chi connectivity index (χ0) is 21.8. The number of thiophene rings is 1. The van der Waals surface area contributed by atoms with Crippen molar-refractivity contribution in [3.05, 3.63) is 81.5 Å². The highest BCUT2D eigenvalue weighted by atomic mass is 32.1. The molecule has 160 valence electrons. The minimum atomic E-state index is -0.428. The summed E-state index contributed by atoms with van der Waals surface area (Å²) in [5.41, 5.74) is 2.48. The number of ether oxygens (including phenoxy) is 2. The summed E-state index contributed by atoms with van der Waals surface area (Å²) in [5, 5.41) is 4.95. The maximum absolute atomic E-state index is 13.2. The van der Waals surface area contributed by atoms with Gasteiger partial charge in [0.05, 0.1) is 33.2 Å². The number of fused-ring (bicyclic) bond motifs is 1. The number of benzene rings is 2. The second-order valence-electron chi connectivity index (χ2n) is 7.28. The van der Waals surface area contributed by atoms with Gasteiger partial charge in [-0.3, -0.25) is 9.59 Å². The lowest BCUT2D eigenvalue weighted by atomic mass is 10.0. The van der Waals surface area contributed by atoms with Crippen LogP contribution in [0.15, 0.2) is 60.0 Å². The number of methoxy groups -OCH3 is 2. The molecule has 0 saturated heterocycles. The summed E-state index contributed by atoms with van der Waals surface area (Å²) in [7, 11) is 3.15. The van der Waals surface area contributed by atoms with Gasteiger partial charge in [-0.15, -0.1) is 11.3 Å². The van der Waals surface area contributed by atoms with Crippen molar-refractivity contribution < 1.29 is 19.1 Å². The Balaban J connectivity index is 1.61. The van der Waals surface area contributed by atoms with Crippen LogP contribution in [-0.4, -0.2) is 30.9 Å². The van der Waals surface area contributed by atoms with E-state index < -0.39 is 6.04 Å². The van der Waals surface area contributed by atoms with E-state index >= 15 is 0 Å². The second-order valence-corrected chi connectivity index (χ2v) is 8.31. The Morgan fingerprint density at radius 1 is 1.10 bits per heavy atom. The fourth-order valence-corrected chi connectivity index (χ4v) is 4.49. The molecule has 2 heterocycles. The van der Waals surface area contributed by atoms with Gasteiger partial charge in [0.1, 0.15) is 0 Å². The molecule has 1 N–H and O–H groups in total. The third-order valence-corrected chi connectivity index (χ3v) is 6.31. The van der Waals surface area contributed by atoms with Crippen LogP contribution in [0.4, 0.5) is 0 Å². The fraction of sp³-hybridized carbons (Fsp3) is 0.250. The summed E-state index contributed by atoms with van der Waals surface area (Å²) in [4.78, 5) is 28.8. The van der Waals surface area contributed by atoms with Crippen LogP contribution in [0.2, 0.25) is 0 Å². The summed E-state index contributed by atoms with van der Waals surface area (Å²) in [6, 6.07) is 16.6. The van der Waals surface area contributed by atoms with E-state index in [2.05, 4.69) is 5.32 Å². The van der Waals surface area contributed by atoms with Gasteiger partial charge in [0.2, 0.25) is 5.91 Å². The molecule has 0 spiro atoms. The first-order valence-electron chi connectivity index (χ1n) is 10.0. The first-order valence-corrected chi connectivity index (χ1v) is 10.9. The van der Waals surface area contributed by atoms with Crippen molar-refractivity contribution in [1.29, 1.82) is 0 Å². The number of nitrogens with one attached hydrogen (secondary N) is 1. The molecule has 1 aliphatic heterocycles. The lowest BCUT2D eigenvalue weighted by Crippen LogP contribution is -2.34. The highest BCUT2D eigenvalue weighted by molar-refractivity contribution is 7.09. The van der Waals surface area contributed by atoms with E-state index in [0.29, 0.717) is 30.2 Å². The Morgan fingerprint density at radius 3 is 2.61 bits per heavy atom. The van der Waals surface area contributed by atoms with E-state index in [1.54, 1.807) is 36.5 Å². The molecule has 0 radical (unpaired) electrons. The number of hydrogen-bond donors (Lipinski definition) is 1. The number of carbonyl (C=O) groups excluding carboxylic acids is 2. The molecule has 2 amide bonds. The maximum Gasteiger partial charge on any atom is 0.255 e. The van der Waals surface area contributed by atoms with Crippen LogP contribution in [0.3, 0.4) is 0 Å². The minimum Gasteiger partial charge on any atom is -0.493 e. The van der Waals surface area contributed by atoms with Crippen molar-refractivity contribution in [1.82, 2.24) is 10.2 Å². The highest BCUT2D eigenvalue weighted by Crippen LogP contribution is 2.37. The summed E-state index contributed by atoms with van der Waals surface area (Å²) in [5.74, 6) is 0.981. The van der Waals surface area contributed by atoms with Gasteiger partial charge in [-0.2, -0.15) is 0 Å². The molecule has 7 heteroatoms. The van der Waals surface area contributed by atoms with Gasteiger partial charge in [0.15, 0.2) is 11.5 Å². The van der Waals surface area contributed by atoms with E-state index in [4.69, 9.17) is 9.47 Å². The standard InChI is InChI=1S/C24H24N2O4S/c1-29-21-10-9-16(12-22(21)30-2)20(13-23(27)25-14-18-7-5-11-31-18)26-15-17-6-3-4-8-19(17)24(26)28/h3-12,20H,13-15H2,1-2H3,(H,25,27). The van der Waals surface area contributed by atoms with Crippen LogP contribution >= 0.6 is 11.3 Å². The van der Waals surface area contributed by atoms with Gasteiger partial charge in [0.25, 0.3) is 5.91 Å². The molecule has 1 unspecified atom stereocenters. The van der Waals surface area contributed by atoms with E-state index in [9.17, 15) is 9.59 Å². The molecule has 31 heavy (non-hydrogen) atoms. The second kappa shape index (κ2) is 9.22. The number of carbonyl (C=O) groups is 2. The van der Waals surface area contributed by atoms with Crippen molar-refractivity contribution in [2.24, 2.45) is 0 Å². The molecular weight excluding hydrogens is 412 g/mol. The quantitative estimate of drug-likeness (QED) is 0.576. The summed E-state index contributed by atoms with van der Waals surface area (Å²) >= 11 is 1.60. The summed E-state index contributed by atoms with van der Waals surface area (Å²) in [6.07, 6.45) is 0.153. The van der Waals surface area contributed by atoms with E-state index in [-0.39, 0.29) is 18.2 Å². The first-order chi connectivity index (χ1) is 15.1. The SMILES string of the molecule is COc1ccc(C(CC(=O)NCc2cccs2)N2Cc3ccccc3C2=O)cc1OC. The number of rotatable bonds is 8. The predicted octanol–water partition coefficient (Wildman–Crippen LogP) is 4.17. The lowest BCUT2D eigenvalue weighted by Gasteiger charge is -2.28. The van der Waals surface area contributed by atoms with Crippen LogP contribution in [0, 0.1) is 0 Å². The van der Waals surface area contributed by atoms with Crippen LogP contribution in [0.1, 0.15) is 38.8 Å². The van der Waals surface area contributed by atoms with Crippen LogP contribution < -0.4 is 14.8 Å². The molecule has 2 aromatic carbocycles. The molecule has 3 aromatic rings. The molecule has 4 rings (SSSR count). The Morgan fingerprint density at radius 2 is 1.90 bits per heavy atom. The molecule has 6 nitrogen and oxygen atoms in total.